The van der Waals surface area contributed by atoms with Crippen LogP contribution >= 0.6 is 11.6 Å². The molecule has 0 N–H and O–H groups in total. The summed E-state index contributed by atoms with van der Waals surface area (Å²) in [6, 6.07) is 0. The summed E-state index contributed by atoms with van der Waals surface area (Å²) in [5.74, 6) is 0.180. The maximum Gasteiger partial charge on any atom is 0.130 e. The van der Waals surface area contributed by atoms with Gasteiger partial charge in [0.15, 0.2) is 0 Å². The second kappa shape index (κ2) is 4.42. The monoisotopic (exact) mass is 200 g/mol. The van der Waals surface area contributed by atoms with Crippen LogP contribution < -0.4 is 0 Å². The van der Waals surface area contributed by atoms with Crippen molar-refractivity contribution < 1.29 is 4.79 Å². The zero-order chi connectivity index (χ0) is 9.84. The number of rotatable bonds is 4. The summed E-state index contributed by atoms with van der Waals surface area (Å²) >= 11 is 5.91. The molecule has 0 spiro atoms. The largest absolute Gasteiger partial charge is 0.300 e. The highest BCUT2D eigenvalue weighted by atomic mass is 35.5. The lowest BCUT2D eigenvalue weighted by molar-refractivity contribution is -0.117. The fraction of sp³-hybridized carbons (Fsp3) is 0.556. The maximum absolute atomic E-state index is 10.8. The molecule has 1 heterocycles. The third kappa shape index (κ3) is 2.56. The number of carbonyl (C=O) groups is 1. The lowest BCUT2D eigenvalue weighted by Gasteiger charge is -2.03. The number of hydrogen-bond acceptors (Lipinski definition) is 2. The Morgan fingerprint density at radius 3 is 2.92 bits per heavy atom. The second-order valence-corrected chi connectivity index (χ2v) is 3.36. The topological polar surface area (TPSA) is 34.9 Å². The molecular weight excluding hydrogens is 188 g/mol. The van der Waals surface area contributed by atoms with Crippen LogP contribution in [0.2, 0.25) is 5.02 Å². The Bertz CT molecular complexity index is 307. The zero-order valence-electron chi connectivity index (χ0n) is 7.88. The Kier molecular flexibility index (Phi) is 3.48. The minimum absolute atomic E-state index is 0.180. The van der Waals surface area contributed by atoms with Gasteiger partial charge in [0.1, 0.15) is 5.78 Å². The second-order valence-electron chi connectivity index (χ2n) is 2.96. The van der Waals surface area contributed by atoms with E-state index in [4.69, 9.17) is 11.6 Å². The van der Waals surface area contributed by atoms with Gasteiger partial charge in [0.2, 0.25) is 0 Å². The summed E-state index contributed by atoms with van der Waals surface area (Å²) in [5, 5.41) is 4.74. The highest BCUT2D eigenvalue weighted by Crippen LogP contribution is 2.16. The molecule has 1 aromatic heterocycles. The van der Waals surface area contributed by atoms with Crippen molar-refractivity contribution in [1.82, 2.24) is 9.78 Å². The van der Waals surface area contributed by atoms with Crippen LogP contribution in [0.4, 0.5) is 0 Å². The van der Waals surface area contributed by atoms with E-state index in [1.165, 1.54) is 0 Å². The first-order valence-corrected chi connectivity index (χ1v) is 4.72. The Morgan fingerprint density at radius 1 is 1.69 bits per heavy atom. The number of ketones is 1. The first kappa shape index (κ1) is 10.3. The fourth-order valence-corrected chi connectivity index (χ4v) is 1.44. The molecule has 0 fully saturated rings. The van der Waals surface area contributed by atoms with Crippen LogP contribution in [-0.2, 0) is 17.8 Å². The summed E-state index contributed by atoms with van der Waals surface area (Å²) in [6.07, 6.45) is 2.84. The van der Waals surface area contributed by atoms with Gasteiger partial charge in [-0.05, 0) is 20.3 Å². The molecule has 0 aliphatic heterocycles. The van der Waals surface area contributed by atoms with Gasteiger partial charge in [0.05, 0.1) is 16.9 Å². The molecular formula is C9H13ClN2O. The molecule has 0 aliphatic rings. The van der Waals surface area contributed by atoms with E-state index in [0.717, 1.165) is 12.2 Å². The summed E-state index contributed by atoms with van der Waals surface area (Å²) in [7, 11) is 0. The average molecular weight is 201 g/mol. The summed E-state index contributed by atoms with van der Waals surface area (Å²) < 4.78 is 1.82. The average Bonchev–Trinajstić information content (AvgIpc) is 2.43. The molecule has 13 heavy (non-hydrogen) atoms. The van der Waals surface area contributed by atoms with Gasteiger partial charge < -0.3 is 4.79 Å². The van der Waals surface area contributed by atoms with Crippen molar-refractivity contribution in [1.29, 1.82) is 0 Å². The van der Waals surface area contributed by atoms with E-state index in [1.54, 1.807) is 13.1 Å². The molecule has 1 rings (SSSR count). The normalized spacial score (nSPS) is 10.4. The molecule has 0 bridgehead atoms. The third-order valence-electron chi connectivity index (χ3n) is 1.91. The smallest absolute Gasteiger partial charge is 0.130 e. The van der Waals surface area contributed by atoms with Crippen molar-refractivity contribution in [2.24, 2.45) is 0 Å². The number of aromatic nitrogens is 2. The molecule has 72 valence electrons. The van der Waals surface area contributed by atoms with Crippen molar-refractivity contribution in [2.45, 2.75) is 33.2 Å². The summed E-state index contributed by atoms with van der Waals surface area (Å²) in [4.78, 5) is 10.8. The van der Waals surface area contributed by atoms with E-state index >= 15 is 0 Å². The molecule has 0 amide bonds. The lowest BCUT2D eigenvalue weighted by Crippen LogP contribution is -2.04. The molecule has 0 aromatic carbocycles. The van der Waals surface area contributed by atoms with Gasteiger partial charge in [0.25, 0.3) is 0 Å². The van der Waals surface area contributed by atoms with E-state index in [-0.39, 0.29) is 5.78 Å². The SMILES string of the molecule is CCn1ncc(Cl)c1CCC(C)=O. The van der Waals surface area contributed by atoms with Crippen LogP contribution in [0.1, 0.15) is 26.0 Å². The first-order chi connectivity index (χ1) is 6.15. The van der Waals surface area contributed by atoms with Gasteiger partial charge in [-0.2, -0.15) is 5.10 Å². The van der Waals surface area contributed by atoms with Crippen molar-refractivity contribution in [3.05, 3.63) is 16.9 Å². The van der Waals surface area contributed by atoms with Gasteiger partial charge in [0, 0.05) is 13.0 Å². The summed E-state index contributed by atoms with van der Waals surface area (Å²) in [6.45, 7) is 4.38. The van der Waals surface area contributed by atoms with Crippen LogP contribution in [-0.4, -0.2) is 15.6 Å². The Balaban J connectivity index is 2.73. The highest BCUT2D eigenvalue weighted by molar-refractivity contribution is 6.31. The molecule has 0 atom stereocenters. The molecule has 3 nitrogen and oxygen atoms in total. The van der Waals surface area contributed by atoms with Crippen molar-refractivity contribution in [2.75, 3.05) is 0 Å². The van der Waals surface area contributed by atoms with E-state index in [0.29, 0.717) is 17.9 Å². The Labute approximate surface area is 82.7 Å². The maximum atomic E-state index is 10.8. The van der Waals surface area contributed by atoms with Gasteiger partial charge in [-0.25, -0.2) is 0 Å². The van der Waals surface area contributed by atoms with E-state index in [1.807, 2.05) is 11.6 Å². The molecule has 4 heteroatoms. The fourth-order valence-electron chi connectivity index (χ4n) is 1.20. The number of carbonyl (C=O) groups excluding carboxylic acids is 1. The van der Waals surface area contributed by atoms with Crippen LogP contribution in [0.15, 0.2) is 6.20 Å². The van der Waals surface area contributed by atoms with Gasteiger partial charge >= 0.3 is 0 Å². The number of Topliss-reactive ketones (excluding diaryl/α,β-unsaturated/α-hetero) is 1. The lowest BCUT2D eigenvalue weighted by atomic mass is 10.2. The predicted molar refractivity (Wildman–Crippen MR) is 51.9 cm³/mol. The minimum Gasteiger partial charge on any atom is -0.300 e. The number of halogens is 1. The first-order valence-electron chi connectivity index (χ1n) is 4.34. The minimum atomic E-state index is 0.180. The van der Waals surface area contributed by atoms with E-state index in [2.05, 4.69) is 5.10 Å². The Morgan fingerprint density at radius 2 is 2.38 bits per heavy atom. The number of aryl methyl sites for hydroxylation is 1. The van der Waals surface area contributed by atoms with Crippen molar-refractivity contribution >= 4 is 17.4 Å². The molecule has 0 radical (unpaired) electrons. The van der Waals surface area contributed by atoms with Gasteiger partial charge in [-0.1, -0.05) is 11.6 Å². The standard InChI is InChI=1S/C9H13ClN2O/c1-3-12-9(5-4-7(2)13)8(10)6-11-12/h6H,3-5H2,1-2H3. The third-order valence-corrected chi connectivity index (χ3v) is 2.23. The van der Waals surface area contributed by atoms with Crippen LogP contribution in [0.3, 0.4) is 0 Å². The number of nitrogens with zero attached hydrogens (tertiary/aromatic N) is 2. The van der Waals surface area contributed by atoms with E-state index < -0.39 is 0 Å². The van der Waals surface area contributed by atoms with Crippen LogP contribution in [0.5, 0.6) is 0 Å². The van der Waals surface area contributed by atoms with Crippen molar-refractivity contribution in [3.63, 3.8) is 0 Å². The molecule has 1 aromatic rings. The van der Waals surface area contributed by atoms with Gasteiger partial charge in [-0.15, -0.1) is 0 Å². The molecule has 0 saturated carbocycles. The summed E-state index contributed by atoms with van der Waals surface area (Å²) in [5.41, 5.74) is 0.958. The van der Waals surface area contributed by atoms with E-state index in [9.17, 15) is 4.79 Å². The van der Waals surface area contributed by atoms with Crippen molar-refractivity contribution in [3.8, 4) is 0 Å². The molecule has 0 unspecified atom stereocenters. The quantitative estimate of drug-likeness (QED) is 0.746. The highest BCUT2D eigenvalue weighted by Gasteiger charge is 2.08. The predicted octanol–water partition coefficient (Wildman–Crippen LogP) is 2.08. The Hall–Kier alpha value is -0.830. The molecule has 0 aliphatic carbocycles. The van der Waals surface area contributed by atoms with Crippen LogP contribution in [0.25, 0.3) is 0 Å². The number of hydrogen-bond donors (Lipinski definition) is 0. The van der Waals surface area contributed by atoms with Crippen LogP contribution in [0, 0.1) is 0 Å². The van der Waals surface area contributed by atoms with Gasteiger partial charge in [-0.3, -0.25) is 4.68 Å². The molecule has 0 saturated heterocycles. The zero-order valence-corrected chi connectivity index (χ0v) is 8.64.